The van der Waals surface area contributed by atoms with Gasteiger partial charge >= 0.3 is 6.01 Å². The Morgan fingerprint density at radius 2 is 2.00 bits per heavy atom. The number of hydrogen-bond donors (Lipinski definition) is 1. The Morgan fingerprint density at radius 3 is 2.65 bits per heavy atom. The van der Waals surface area contributed by atoms with Gasteiger partial charge in [0.15, 0.2) is 5.82 Å². The van der Waals surface area contributed by atoms with Gasteiger partial charge in [0, 0.05) is 31.2 Å². The number of anilines is 1. The molecule has 0 aromatic carbocycles. The average molecular weight is 472 g/mol. The number of hydrogen-bond acceptors (Lipinski definition) is 8. The first kappa shape index (κ1) is 24.4. The normalized spacial score (nSPS) is 19.4. The number of nitrogens with zero attached hydrogens (tertiary/aromatic N) is 4. The summed E-state index contributed by atoms with van der Waals surface area (Å²) in [6.45, 7) is 11.9. The van der Waals surface area contributed by atoms with Gasteiger partial charge in [-0.15, -0.1) is 0 Å². The van der Waals surface area contributed by atoms with E-state index in [0.717, 1.165) is 51.0 Å². The van der Waals surface area contributed by atoms with Crippen molar-refractivity contribution in [3.05, 3.63) is 29.2 Å². The molecular weight excluding hydrogens is 434 g/mol. The van der Waals surface area contributed by atoms with E-state index in [-0.39, 0.29) is 17.4 Å². The molecule has 4 rings (SSSR count). The molecule has 0 spiro atoms. The van der Waals surface area contributed by atoms with Crippen LogP contribution in [0.15, 0.2) is 16.7 Å². The second-order valence-electron chi connectivity index (χ2n) is 10.4. The Balaban J connectivity index is 1.16. The lowest BCUT2D eigenvalue weighted by atomic mass is 9.92. The second kappa shape index (κ2) is 10.7. The maximum Gasteiger partial charge on any atom is 0.324 e. The van der Waals surface area contributed by atoms with Crippen LogP contribution in [0.3, 0.4) is 0 Å². The first-order valence-electron chi connectivity index (χ1n) is 12.4. The summed E-state index contributed by atoms with van der Waals surface area (Å²) in [5.74, 6) is 1.89. The highest BCUT2D eigenvalue weighted by atomic mass is 16.5. The van der Waals surface area contributed by atoms with Gasteiger partial charge in [0.05, 0.1) is 30.5 Å². The van der Waals surface area contributed by atoms with E-state index in [1.165, 1.54) is 0 Å². The van der Waals surface area contributed by atoms with E-state index < -0.39 is 0 Å². The number of piperidine rings is 1. The molecule has 0 radical (unpaired) electrons. The molecule has 9 nitrogen and oxygen atoms in total. The van der Waals surface area contributed by atoms with Crippen LogP contribution in [0, 0.1) is 12.8 Å². The SMILES string of the molecule is Cc1nc(OCCCC2CCN(c3nc(C(C)(C)C)no3)CC2)ccc1C(=O)N[C@@H]1CCOC1. The molecule has 0 aliphatic carbocycles. The molecule has 0 saturated carbocycles. The molecule has 34 heavy (non-hydrogen) atoms. The van der Waals surface area contributed by atoms with E-state index in [1.54, 1.807) is 12.1 Å². The highest BCUT2D eigenvalue weighted by Gasteiger charge is 2.26. The Hall–Kier alpha value is -2.68. The molecule has 2 aromatic rings. The van der Waals surface area contributed by atoms with Crippen molar-refractivity contribution >= 4 is 11.9 Å². The fourth-order valence-electron chi connectivity index (χ4n) is 4.38. The van der Waals surface area contributed by atoms with Gasteiger partial charge in [-0.1, -0.05) is 25.9 Å². The summed E-state index contributed by atoms with van der Waals surface area (Å²) in [7, 11) is 0. The third kappa shape index (κ3) is 6.25. The molecule has 1 atom stereocenters. The van der Waals surface area contributed by atoms with Crippen LogP contribution in [0.4, 0.5) is 6.01 Å². The smallest absolute Gasteiger partial charge is 0.324 e. The van der Waals surface area contributed by atoms with E-state index in [0.29, 0.717) is 48.9 Å². The number of carbonyl (C=O) groups is 1. The van der Waals surface area contributed by atoms with Crippen LogP contribution in [-0.2, 0) is 10.2 Å². The maximum atomic E-state index is 12.5. The van der Waals surface area contributed by atoms with Gasteiger partial charge in [0.25, 0.3) is 5.91 Å². The van der Waals surface area contributed by atoms with Crippen molar-refractivity contribution in [3.8, 4) is 5.88 Å². The molecule has 186 valence electrons. The zero-order chi connectivity index (χ0) is 24.1. The van der Waals surface area contributed by atoms with Gasteiger partial charge in [-0.2, -0.15) is 4.98 Å². The minimum atomic E-state index is -0.106. The number of carbonyl (C=O) groups excluding carboxylic acids is 1. The Kier molecular flexibility index (Phi) is 7.70. The third-order valence-corrected chi connectivity index (χ3v) is 6.55. The predicted molar refractivity (Wildman–Crippen MR) is 128 cm³/mol. The number of aromatic nitrogens is 3. The molecule has 2 aliphatic rings. The summed E-state index contributed by atoms with van der Waals surface area (Å²) < 4.78 is 16.7. The molecule has 2 fully saturated rings. The number of nitrogens with one attached hydrogen (secondary N) is 1. The van der Waals surface area contributed by atoms with Crippen molar-refractivity contribution in [3.63, 3.8) is 0 Å². The monoisotopic (exact) mass is 471 g/mol. The Morgan fingerprint density at radius 1 is 1.21 bits per heavy atom. The Bertz CT molecular complexity index is 956. The van der Waals surface area contributed by atoms with E-state index in [2.05, 4.69) is 46.1 Å². The van der Waals surface area contributed by atoms with Gasteiger partial charge in [0.2, 0.25) is 5.88 Å². The highest BCUT2D eigenvalue weighted by molar-refractivity contribution is 5.95. The van der Waals surface area contributed by atoms with E-state index in [9.17, 15) is 4.79 Å². The van der Waals surface area contributed by atoms with Crippen LogP contribution in [0.1, 0.15) is 74.8 Å². The van der Waals surface area contributed by atoms with Crippen LogP contribution >= 0.6 is 0 Å². The van der Waals surface area contributed by atoms with Crippen LogP contribution in [0.25, 0.3) is 0 Å². The molecule has 1 amide bonds. The fraction of sp³-hybridized carbons (Fsp3) is 0.680. The number of aryl methyl sites for hydroxylation is 1. The lowest BCUT2D eigenvalue weighted by Crippen LogP contribution is -2.35. The maximum absolute atomic E-state index is 12.5. The van der Waals surface area contributed by atoms with Gasteiger partial charge in [-0.3, -0.25) is 4.79 Å². The first-order valence-corrected chi connectivity index (χ1v) is 12.4. The standard InChI is InChI=1S/C25H37N5O4/c1-17-20(22(31)27-19-11-15-32-16-19)7-8-21(26-17)33-14-5-6-18-9-12-30(13-10-18)24-28-23(29-34-24)25(2,3)4/h7-8,18-19H,5-6,9-16H2,1-4H3,(H,27,31)/t19-/m1/s1. The molecule has 9 heteroatoms. The summed E-state index contributed by atoms with van der Waals surface area (Å²) in [4.78, 5) is 23.7. The lowest BCUT2D eigenvalue weighted by Gasteiger charge is -2.30. The van der Waals surface area contributed by atoms with Crippen LogP contribution < -0.4 is 15.0 Å². The largest absolute Gasteiger partial charge is 0.478 e. The van der Waals surface area contributed by atoms with Crippen molar-refractivity contribution in [1.82, 2.24) is 20.4 Å². The zero-order valence-electron chi connectivity index (χ0n) is 20.8. The number of rotatable bonds is 8. The number of pyridine rings is 1. The average Bonchev–Trinajstić information content (AvgIpc) is 3.49. The van der Waals surface area contributed by atoms with Crippen molar-refractivity contribution in [1.29, 1.82) is 0 Å². The van der Waals surface area contributed by atoms with Crippen molar-refractivity contribution < 1.29 is 18.8 Å². The third-order valence-electron chi connectivity index (χ3n) is 6.55. The minimum absolute atomic E-state index is 0.0858. The number of ether oxygens (including phenoxy) is 2. The van der Waals surface area contributed by atoms with Crippen molar-refractivity contribution in [2.75, 3.05) is 37.8 Å². The summed E-state index contributed by atoms with van der Waals surface area (Å²) in [5, 5.41) is 7.14. The van der Waals surface area contributed by atoms with Gasteiger partial charge in [-0.25, -0.2) is 4.98 Å². The van der Waals surface area contributed by atoms with E-state index in [4.69, 9.17) is 14.0 Å². The van der Waals surface area contributed by atoms with Gasteiger partial charge < -0.3 is 24.2 Å². The van der Waals surface area contributed by atoms with Crippen molar-refractivity contribution in [2.24, 2.45) is 5.92 Å². The van der Waals surface area contributed by atoms with Crippen molar-refractivity contribution in [2.45, 2.75) is 71.3 Å². The van der Waals surface area contributed by atoms with Gasteiger partial charge in [-0.05, 0) is 51.0 Å². The number of amides is 1. The van der Waals surface area contributed by atoms with Crippen LogP contribution in [0.2, 0.25) is 0 Å². The fourth-order valence-corrected chi connectivity index (χ4v) is 4.38. The highest BCUT2D eigenvalue weighted by Crippen LogP contribution is 2.27. The molecule has 1 N–H and O–H groups in total. The molecule has 2 aliphatic heterocycles. The van der Waals surface area contributed by atoms with E-state index in [1.807, 2.05) is 6.92 Å². The van der Waals surface area contributed by atoms with Crippen LogP contribution in [0.5, 0.6) is 5.88 Å². The summed E-state index contributed by atoms with van der Waals surface area (Å²) in [5.41, 5.74) is 1.16. The summed E-state index contributed by atoms with van der Waals surface area (Å²) in [6, 6.07) is 4.30. The Labute approximate surface area is 201 Å². The molecular formula is C25H37N5O4. The topological polar surface area (TPSA) is 103 Å². The molecule has 2 saturated heterocycles. The van der Waals surface area contributed by atoms with Crippen LogP contribution in [-0.4, -0.2) is 60.0 Å². The second-order valence-corrected chi connectivity index (χ2v) is 10.4. The molecule has 4 heterocycles. The zero-order valence-corrected chi connectivity index (χ0v) is 20.8. The predicted octanol–water partition coefficient (Wildman–Crippen LogP) is 3.66. The quantitative estimate of drug-likeness (QED) is 0.582. The summed E-state index contributed by atoms with van der Waals surface area (Å²) in [6.07, 6.45) is 5.17. The van der Waals surface area contributed by atoms with E-state index >= 15 is 0 Å². The first-order chi connectivity index (χ1) is 16.3. The molecule has 0 bridgehead atoms. The molecule has 0 unspecified atom stereocenters. The van der Waals surface area contributed by atoms with Gasteiger partial charge in [0.1, 0.15) is 0 Å². The lowest BCUT2D eigenvalue weighted by molar-refractivity contribution is 0.0928. The molecule has 2 aromatic heterocycles. The summed E-state index contributed by atoms with van der Waals surface area (Å²) >= 11 is 0. The minimum Gasteiger partial charge on any atom is -0.478 e.